The molecule has 0 aliphatic carbocycles. The lowest BCUT2D eigenvalue weighted by atomic mass is 10.1. The molecule has 0 spiro atoms. The zero-order chi connectivity index (χ0) is 24.5. The lowest BCUT2D eigenvalue weighted by Crippen LogP contribution is -2.44. The summed E-state index contributed by atoms with van der Waals surface area (Å²) in [6.45, 7) is -1.48. The highest BCUT2D eigenvalue weighted by Gasteiger charge is 2.57. The number of alkyl halides is 1. The first-order chi connectivity index (χ1) is 14.5. The Hall–Kier alpha value is -1.33. The van der Waals surface area contributed by atoms with E-state index in [1.54, 1.807) is 0 Å². The monoisotopic (exact) mass is 543 g/mol. The number of hydrogen-bond acceptors (Lipinski definition) is 11. The molecule has 0 aromatic carbocycles. The summed E-state index contributed by atoms with van der Waals surface area (Å²) in [6.07, 6.45) is -5.66. The number of ether oxygens (including phenoxy) is 1. The minimum atomic E-state index is -5.87. The topological polar surface area (TPSA) is 276 Å². The standard InChI is InChI=1S/C9H13FN5O13P3S/c10-5-6(17)9(13-14-11,26-7(5)15-2-1-4(16)12-8(15)32)3-25-30(21,22)28-31(23,24)27-29(18,19)20/h1-2,5-7,17H,3H2,(H,21,22)(H,23,24)(H,12,16,32)(H2,18,19,20)/t5-,6?,7+,9+/m0/s1. The van der Waals surface area contributed by atoms with Crippen LogP contribution in [-0.4, -0.2) is 58.8 Å². The maximum atomic E-state index is 14.7. The zero-order valence-electron chi connectivity index (χ0n) is 15.0. The molecule has 180 valence electrons. The van der Waals surface area contributed by atoms with Gasteiger partial charge in [-0.25, -0.2) is 18.1 Å². The van der Waals surface area contributed by atoms with Crippen molar-refractivity contribution in [2.75, 3.05) is 6.61 Å². The third-order valence-electron chi connectivity index (χ3n) is 3.55. The molecule has 0 saturated carbocycles. The molecular formula is C9H13FN5O13P3S. The molecule has 1 aromatic rings. The Bertz CT molecular complexity index is 1180. The van der Waals surface area contributed by atoms with Crippen molar-refractivity contribution in [1.29, 1.82) is 0 Å². The maximum absolute atomic E-state index is 14.7. The molecule has 2 rings (SSSR count). The number of nitrogens with one attached hydrogen (secondary N) is 1. The molecule has 32 heavy (non-hydrogen) atoms. The molecule has 6 atom stereocenters. The molecule has 0 bridgehead atoms. The van der Waals surface area contributed by atoms with Crippen molar-refractivity contribution < 1.29 is 60.6 Å². The fourth-order valence-corrected chi connectivity index (χ4v) is 5.68. The highest BCUT2D eigenvalue weighted by molar-refractivity contribution is 7.71. The van der Waals surface area contributed by atoms with E-state index < -0.39 is 59.9 Å². The van der Waals surface area contributed by atoms with Gasteiger partial charge in [0.1, 0.15) is 6.10 Å². The van der Waals surface area contributed by atoms with Gasteiger partial charge in [0.05, 0.1) is 6.61 Å². The van der Waals surface area contributed by atoms with E-state index in [1.165, 1.54) is 0 Å². The Morgan fingerprint density at radius 1 is 1.31 bits per heavy atom. The second kappa shape index (κ2) is 9.50. The van der Waals surface area contributed by atoms with Gasteiger partial charge >= 0.3 is 23.5 Å². The summed E-state index contributed by atoms with van der Waals surface area (Å²) in [5, 5.41) is 13.2. The van der Waals surface area contributed by atoms with Gasteiger partial charge in [0.15, 0.2) is 17.2 Å². The molecule has 0 amide bonds. The third kappa shape index (κ3) is 6.60. The Kier molecular flexibility index (Phi) is 7.99. The summed E-state index contributed by atoms with van der Waals surface area (Å²) in [5.41, 5.74) is 5.32. The number of azide groups is 1. The summed E-state index contributed by atoms with van der Waals surface area (Å²) >= 11 is 4.84. The van der Waals surface area contributed by atoms with Gasteiger partial charge in [-0.3, -0.25) is 18.9 Å². The van der Waals surface area contributed by atoms with Gasteiger partial charge in [-0.05, 0) is 17.7 Å². The number of halogens is 1. The molecule has 23 heteroatoms. The predicted molar refractivity (Wildman–Crippen MR) is 98.6 cm³/mol. The summed E-state index contributed by atoms with van der Waals surface area (Å²) in [5.74, 6) is 0. The van der Waals surface area contributed by atoms with Crippen molar-refractivity contribution in [1.82, 2.24) is 9.55 Å². The number of aromatic amines is 1. The number of rotatable bonds is 9. The predicted octanol–water partition coefficient (Wildman–Crippen LogP) is 0.484. The Morgan fingerprint density at radius 3 is 2.47 bits per heavy atom. The molecule has 18 nitrogen and oxygen atoms in total. The van der Waals surface area contributed by atoms with Crippen LogP contribution < -0.4 is 5.56 Å². The minimum absolute atomic E-state index is 0.373. The van der Waals surface area contributed by atoms with Crippen molar-refractivity contribution in [2.45, 2.75) is 24.2 Å². The van der Waals surface area contributed by atoms with Crippen LogP contribution in [0.3, 0.4) is 0 Å². The third-order valence-corrected chi connectivity index (χ3v) is 7.65. The van der Waals surface area contributed by atoms with Gasteiger partial charge in [-0.1, -0.05) is 5.11 Å². The Labute approximate surface area is 180 Å². The van der Waals surface area contributed by atoms with E-state index >= 15 is 0 Å². The van der Waals surface area contributed by atoms with Gasteiger partial charge in [0.25, 0.3) is 5.56 Å². The first-order valence-electron chi connectivity index (χ1n) is 7.67. The van der Waals surface area contributed by atoms with Gasteiger partial charge in [0.2, 0.25) is 5.72 Å². The van der Waals surface area contributed by atoms with Crippen LogP contribution >= 0.6 is 35.7 Å². The quantitative estimate of drug-likeness (QED) is 0.0813. The van der Waals surface area contributed by atoms with Crippen molar-refractivity contribution in [3.8, 4) is 0 Å². The van der Waals surface area contributed by atoms with Crippen LogP contribution in [0.15, 0.2) is 22.2 Å². The lowest BCUT2D eigenvalue weighted by Gasteiger charge is -2.27. The van der Waals surface area contributed by atoms with Crippen LogP contribution in [0.25, 0.3) is 10.4 Å². The van der Waals surface area contributed by atoms with Crippen LogP contribution in [0.1, 0.15) is 6.23 Å². The van der Waals surface area contributed by atoms with Crippen LogP contribution in [-0.2, 0) is 31.6 Å². The average molecular weight is 543 g/mol. The van der Waals surface area contributed by atoms with Crippen LogP contribution in [0, 0.1) is 4.77 Å². The van der Waals surface area contributed by atoms with E-state index in [4.69, 9.17) is 37.2 Å². The molecule has 6 N–H and O–H groups in total. The first kappa shape index (κ1) is 26.9. The highest BCUT2D eigenvalue weighted by Crippen LogP contribution is 2.66. The molecule has 1 fully saturated rings. The van der Waals surface area contributed by atoms with E-state index in [9.17, 15) is 32.9 Å². The van der Waals surface area contributed by atoms with Gasteiger partial charge in [-0.2, -0.15) is 8.62 Å². The molecule has 1 aliphatic heterocycles. The number of aliphatic hydroxyl groups is 1. The zero-order valence-corrected chi connectivity index (χ0v) is 18.5. The number of phosphoric acid groups is 3. The second-order valence-corrected chi connectivity index (χ2v) is 10.6. The van der Waals surface area contributed by atoms with E-state index in [-0.39, 0.29) is 4.77 Å². The van der Waals surface area contributed by atoms with Crippen LogP contribution in [0.4, 0.5) is 4.39 Å². The first-order valence-corrected chi connectivity index (χ1v) is 12.6. The second-order valence-electron chi connectivity index (χ2n) is 5.81. The Morgan fingerprint density at radius 2 is 1.94 bits per heavy atom. The number of phosphoric ester groups is 1. The fraction of sp³-hybridized carbons (Fsp3) is 0.556. The van der Waals surface area contributed by atoms with Crippen molar-refractivity contribution >= 4 is 35.7 Å². The number of hydrogen-bond donors (Lipinski definition) is 6. The largest absolute Gasteiger partial charge is 0.490 e. The summed E-state index contributed by atoms with van der Waals surface area (Å²) in [7, 11) is -17.2. The number of H-pyrrole nitrogens is 1. The number of aliphatic hydroxyl groups excluding tert-OH is 1. The molecule has 0 radical (unpaired) electrons. The van der Waals surface area contributed by atoms with Gasteiger partial charge in [-0.15, -0.1) is 0 Å². The fourth-order valence-electron chi connectivity index (χ4n) is 2.37. The van der Waals surface area contributed by atoms with Gasteiger partial charge in [0, 0.05) is 17.2 Å². The SMILES string of the molecule is [N-]=[N+]=N[C@]1(COP(=O)(O)OP(=O)(O)OP(=O)(O)O)O[C@@H](n2ccc(=O)[nH]c2=S)[C@@H](F)C1O. The van der Waals surface area contributed by atoms with E-state index in [2.05, 4.69) is 28.2 Å². The highest BCUT2D eigenvalue weighted by atomic mass is 32.1. The summed E-state index contributed by atoms with van der Waals surface area (Å²) in [4.78, 5) is 51.3. The number of nitrogens with zero attached hydrogens (tertiary/aromatic N) is 4. The normalized spacial score (nSPS) is 29.6. The summed E-state index contributed by atoms with van der Waals surface area (Å²) < 4.78 is 65.4. The smallest absolute Gasteiger partial charge is 0.387 e. The molecule has 1 aliphatic rings. The van der Waals surface area contributed by atoms with Crippen molar-refractivity contribution in [3.63, 3.8) is 0 Å². The summed E-state index contributed by atoms with van der Waals surface area (Å²) in [6, 6.07) is 0.915. The van der Waals surface area contributed by atoms with Crippen LogP contribution in [0.2, 0.25) is 0 Å². The van der Waals surface area contributed by atoms with Crippen LogP contribution in [0.5, 0.6) is 0 Å². The average Bonchev–Trinajstić information content (AvgIpc) is 2.83. The van der Waals surface area contributed by atoms with Crippen molar-refractivity contribution in [2.24, 2.45) is 5.11 Å². The molecule has 1 aromatic heterocycles. The maximum Gasteiger partial charge on any atom is 0.490 e. The van der Waals surface area contributed by atoms with E-state index in [1.807, 2.05) is 0 Å². The molecule has 2 heterocycles. The van der Waals surface area contributed by atoms with E-state index in [0.29, 0.717) is 0 Å². The number of aromatic nitrogens is 2. The van der Waals surface area contributed by atoms with E-state index in [0.717, 1.165) is 16.8 Å². The Balaban J connectivity index is 2.28. The minimum Gasteiger partial charge on any atom is -0.387 e. The molecule has 3 unspecified atom stereocenters. The lowest BCUT2D eigenvalue weighted by molar-refractivity contribution is -0.122. The molecule has 1 saturated heterocycles. The van der Waals surface area contributed by atoms with Crippen molar-refractivity contribution in [3.05, 3.63) is 37.8 Å². The van der Waals surface area contributed by atoms with Gasteiger partial charge < -0.3 is 29.4 Å². The molecular weight excluding hydrogens is 530 g/mol.